The number of methoxy groups -OCH3 is 1. The SMILES string of the molecule is CCOc1cc(Br)cc(/C=N/NC(=O)c2cc3ccccc3cc2OC)c1O. The summed E-state index contributed by atoms with van der Waals surface area (Å²) < 4.78 is 11.4. The molecule has 0 saturated heterocycles. The van der Waals surface area contributed by atoms with Crippen LogP contribution in [0.2, 0.25) is 0 Å². The minimum Gasteiger partial charge on any atom is -0.504 e. The van der Waals surface area contributed by atoms with E-state index in [1.807, 2.05) is 37.3 Å². The molecule has 2 N–H and O–H groups in total. The summed E-state index contributed by atoms with van der Waals surface area (Å²) in [6.45, 7) is 2.24. The maximum absolute atomic E-state index is 12.6. The third-order valence-corrected chi connectivity index (χ3v) is 4.51. The lowest BCUT2D eigenvalue weighted by Gasteiger charge is -2.10. The van der Waals surface area contributed by atoms with Crippen LogP contribution in [0.25, 0.3) is 10.8 Å². The van der Waals surface area contributed by atoms with Crippen molar-refractivity contribution in [3.63, 3.8) is 0 Å². The summed E-state index contributed by atoms with van der Waals surface area (Å²) in [5.41, 5.74) is 3.24. The topological polar surface area (TPSA) is 80.2 Å². The van der Waals surface area contributed by atoms with Crippen molar-refractivity contribution in [1.82, 2.24) is 5.43 Å². The average molecular weight is 443 g/mol. The van der Waals surface area contributed by atoms with Crippen LogP contribution >= 0.6 is 15.9 Å². The molecule has 0 aliphatic carbocycles. The Balaban J connectivity index is 1.84. The van der Waals surface area contributed by atoms with E-state index in [0.717, 1.165) is 15.2 Å². The van der Waals surface area contributed by atoms with Crippen molar-refractivity contribution in [1.29, 1.82) is 0 Å². The van der Waals surface area contributed by atoms with Gasteiger partial charge in [0.05, 0.1) is 25.5 Å². The fourth-order valence-corrected chi connectivity index (χ4v) is 3.20. The number of hydrogen-bond donors (Lipinski definition) is 2. The minimum atomic E-state index is -0.418. The minimum absolute atomic E-state index is 0.0497. The van der Waals surface area contributed by atoms with Crippen LogP contribution < -0.4 is 14.9 Å². The van der Waals surface area contributed by atoms with E-state index >= 15 is 0 Å². The molecule has 0 spiro atoms. The highest BCUT2D eigenvalue weighted by Crippen LogP contribution is 2.33. The van der Waals surface area contributed by atoms with Gasteiger partial charge in [-0.1, -0.05) is 40.2 Å². The van der Waals surface area contributed by atoms with Crippen molar-refractivity contribution < 1.29 is 19.4 Å². The fourth-order valence-electron chi connectivity index (χ4n) is 2.74. The zero-order valence-corrected chi connectivity index (χ0v) is 17.0. The molecule has 3 aromatic carbocycles. The van der Waals surface area contributed by atoms with Crippen molar-refractivity contribution in [2.75, 3.05) is 13.7 Å². The number of carbonyl (C=O) groups excluding carboxylic acids is 1. The number of ether oxygens (including phenoxy) is 2. The molecule has 1 amide bonds. The molecule has 0 aliphatic heterocycles. The molecule has 3 aromatic rings. The van der Waals surface area contributed by atoms with Crippen LogP contribution in [-0.2, 0) is 0 Å². The van der Waals surface area contributed by atoms with Gasteiger partial charge in [-0.05, 0) is 42.0 Å². The zero-order chi connectivity index (χ0) is 20.1. The number of benzene rings is 3. The summed E-state index contributed by atoms with van der Waals surface area (Å²) in [6.07, 6.45) is 1.36. The number of nitrogens with zero attached hydrogens (tertiary/aromatic N) is 1. The molecule has 28 heavy (non-hydrogen) atoms. The summed E-state index contributed by atoms with van der Waals surface area (Å²) in [5, 5.41) is 16.1. The lowest BCUT2D eigenvalue weighted by molar-refractivity contribution is 0.0952. The first-order chi connectivity index (χ1) is 13.5. The van der Waals surface area contributed by atoms with E-state index in [0.29, 0.717) is 29.2 Å². The van der Waals surface area contributed by atoms with E-state index in [1.165, 1.54) is 13.3 Å². The van der Waals surface area contributed by atoms with E-state index in [2.05, 4.69) is 26.5 Å². The molecule has 0 saturated carbocycles. The number of hydrazone groups is 1. The predicted octanol–water partition coefficient (Wildman–Crippen LogP) is 4.48. The number of amides is 1. The number of hydrogen-bond acceptors (Lipinski definition) is 5. The Hall–Kier alpha value is -3.06. The highest BCUT2D eigenvalue weighted by atomic mass is 79.9. The Morgan fingerprint density at radius 1 is 1.18 bits per heavy atom. The van der Waals surface area contributed by atoms with E-state index in [4.69, 9.17) is 9.47 Å². The third kappa shape index (κ3) is 4.26. The van der Waals surface area contributed by atoms with Crippen LogP contribution in [0.4, 0.5) is 0 Å². The smallest absolute Gasteiger partial charge is 0.275 e. The Kier molecular flexibility index (Phi) is 6.16. The number of aromatic hydroxyl groups is 1. The van der Waals surface area contributed by atoms with E-state index < -0.39 is 5.91 Å². The standard InChI is InChI=1S/C21H19BrN2O4/c1-3-28-19-11-16(22)8-15(20(19)25)12-23-24-21(26)17-9-13-6-4-5-7-14(13)10-18(17)27-2/h4-12,25H,3H2,1-2H3,(H,24,26)/b23-12+. The van der Waals surface area contributed by atoms with Crippen molar-refractivity contribution >= 4 is 38.8 Å². The van der Waals surface area contributed by atoms with Crippen LogP contribution in [0, 0.1) is 0 Å². The van der Waals surface area contributed by atoms with Crippen LogP contribution in [0.5, 0.6) is 17.2 Å². The summed E-state index contributed by atoms with van der Waals surface area (Å²) >= 11 is 3.36. The van der Waals surface area contributed by atoms with Crippen LogP contribution in [-0.4, -0.2) is 30.9 Å². The van der Waals surface area contributed by atoms with E-state index in [1.54, 1.807) is 18.2 Å². The Bertz CT molecular complexity index is 1050. The van der Waals surface area contributed by atoms with Gasteiger partial charge in [-0.3, -0.25) is 4.79 Å². The molecule has 0 atom stereocenters. The zero-order valence-electron chi connectivity index (χ0n) is 15.4. The number of phenols is 1. The van der Waals surface area contributed by atoms with Gasteiger partial charge >= 0.3 is 0 Å². The molecule has 0 heterocycles. The lowest BCUT2D eigenvalue weighted by Crippen LogP contribution is -2.18. The molecule has 0 unspecified atom stereocenters. The summed E-state index contributed by atoms with van der Waals surface area (Å²) in [7, 11) is 1.51. The molecule has 7 heteroatoms. The largest absolute Gasteiger partial charge is 0.504 e. The Morgan fingerprint density at radius 2 is 1.89 bits per heavy atom. The maximum Gasteiger partial charge on any atom is 0.275 e. The van der Waals surface area contributed by atoms with Crippen molar-refractivity contribution in [2.45, 2.75) is 6.92 Å². The third-order valence-electron chi connectivity index (χ3n) is 4.05. The molecule has 0 aliphatic rings. The number of nitrogens with one attached hydrogen (secondary N) is 1. The predicted molar refractivity (Wildman–Crippen MR) is 113 cm³/mol. The van der Waals surface area contributed by atoms with Crippen LogP contribution in [0.3, 0.4) is 0 Å². The highest BCUT2D eigenvalue weighted by molar-refractivity contribution is 9.10. The van der Waals surface area contributed by atoms with Crippen molar-refractivity contribution in [3.05, 3.63) is 64.1 Å². The van der Waals surface area contributed by atoms with Gasteiger partial charge in [-0.2, -0.15) is 5.10 Å². The fraction of sp³-hybridized carbons (Fsp3) is 0.143. The monoisotopic (exact) mass is 442 g/mol. The second-order valence-electron chi connectivity index (χ2n) is 5.87. The van der Waals surface area contributed by atoms with Crippen LogP contribution in [0.15, 0.2) is 58.1 Å². The molecule has 0 fully saturated rings. The Labute approximate surface area is 170 Å². The first-order valence-electron chi connectivity index (χ1n) is 8.59. The molecule has 0 radical (unpaired) electrons. The van der Waals surface area contributed by atoms with E-state index in [9.17, 15) is 9.90 Å². The van der Waals surface area contributed by atoms with Gasteiger partial charge in [-0.15, -0.1) is 0 Å². The van der Waals surface area contributed by atoms with Gasteiger partial charge in [0.25, 0.3) is 5.91 Å². The molecule has 0 aromatic heterocycles. The molecular formula is C21H19BrN2O4. The molecular weight excluding hydrogens is 424 g/mol. The maximum atomic E-state index is 12.6. The number of fused-ring (bicyclic) bond motifs is 1. The van der Waals surface area contributed by atoms with Gasteiger partial charge in [-0.25, -0.2) is 5.43 Å². The number of halogens is 1. The van der Waals surface area contributed by atoms with Crippen molar-refractivity contribution in [3.8, 4) is 17.2 Å². The van der Waals surface area contributed by atoms with Gasteiger partial charge < -0.3 is 14.6 Å². The molecule has 144 valence electrons. The van der Waals surface area contributed by atoms with Crippen LogP contribution in [0.1, 0.15) is 22.8 Å². The second kappa shape index (κ2) is 8.75. The van der Waals surface area contributed by atoms with Gasteiger partial charge in [0.15, 0.2) is 11.5 Å². The first kappa shape index (κ1) is 19.7. The molecule has 0 bridgehead atoms. The highest BCUT2D eigenvalue weighted by Gasteiger charge is 2.14. The summed E-state index contributed by atoms with van der Waals surface area (Å²) in [6, 6.07) is 14.6. The normalized spacial score (nSPS) is 11.0. The lowest BCUT2D eigenvalue weighted by atomic mass is 10.1. The Morgan fingerprint density at radius 3 is 2.57 bits per heavy atom. The van der Waals surface area contributed by atoms with E-state index in [-0.39, 0.29) is 5.75 Å². The molecule has 6 nitrogen and oxygen atoms in total. The summed E-state index contributed by atoms with van der Waals surface area (Å²) in [5.74, 6) is 0.320. The number of carbonyl (C=O) groups is 1. The molecule has 3 rings (SSSR count). The average Bonchev–Trinajstić information content (AvgIpc) is 2.70. The number of phenolic OH excluding ortho intramolecular Hbond substituents is 1. The quantitative estimate of drug-likeness (QED) is 0.435. The number of rotatable bonds is 6. The van der Waals surface area contributed by atoms with Gasteiger partial charge in [0.2, 0.25) is 0 Å². The summed E-state index contributed by atoms with van der Waals surface area (Å²) in [4.78, 5) is 12.6. The second-order valence-corrected chi connectivity index (χ2v) is 6.79. The van der Waals surface area contributed by atoms with Gasteiger partial charge in [0, 0.05) is 10.0 Å². The van der Waals surface area contributed by atoms with Gasteiger partial charge in [0.1, 0.15) is 5.75 Å². The van der Waals surface area contributed by atoms with Crippen molar-refractivity contribution in [2.24, 2.45) is 5.10 Å². The first-order valence-corrected chi connectivity index (χ1v) is 9.38.